The number of nitrogens with two attached hydrogens (primary N) is 1. The van der Waals surface area contributed by atoms with Crippen molar-refractivity contribution in [2.24, 2.45) is 7.05 Å². The normalized spacial score (nSPS) is 19.7. The van der Waals surface area contributed by atoms with Gasteiger partial charge in [0.05, 0.1) is 11.9 Å². The molecule has 7 nitrogen and oxygen atoms in total. The Kier molecular flexibility index (Phi) is 4.58. The minimum Gasteiger partial charge on any atom is -0.397 e. The van der Waals surface area contributed by atoms with Gasteiger partial charge < -0.3 is 15.2 Å². The van der Waals surface area contributed by atoms with Crippen molar-refractivity contribution < 1.29 is 13.2 Å². The van der Waals surface area contributed by atoms with Crippen molar-refractivity contribution in [2.45, 2.75) is 25.3 Å². The average Bonchev–Trinajstić information content (AvgIpc) is 2.74. The summed E-state index contributed by atoms with van der Waals surface area (Å²) in [6.45, 7) is 0.893. The van der Waals surface area contributed by atoms with Crippen molar-refractivity contribution in [1.29, 1.82) is 0 Å². The van der Waals surface area contributed by atoms with Gasteiger partial charge in [-0.25, -0.2) is 13.1 Å². The molecule has 1 aliphatic rings. The highest BCUT2D eigenvalue weighted by Gasteiger charge is 2.29. The molecule has 1 aromatic rings. The first kappa shape index (κ1) is 15.8. The number of aromatic nitrogens is 1. The summed E-state index contributed by atoms with van der Waals surface area (Å²) in [5.74, 6) is -0.103. The van der Waals surface area contributed by atoms with Gasteiger partial charge in [-0.3, -0.25) is 4.79 Å². The number of rotatable bonds is 4. The van der Waals surface area contributed by atoms with E-state index in [1.165, 1.54) is 0 Å². The van der Waals surface area contributed by atoms with Gasteiger partial charge in [-0.2, -0.15) is 0 Å². The number of piperidine rings is 1. The molecule has 1 amide bonds. The smallest absolute Gasteiger partial charge is 0.270 e. The number of aryl methyl sites for hydroxylation is 1. The predicted octanol–water partition coefficient (Wildman–Crippen LogP) is 0.151. The van der Waals surface area contributed by atoms with Gasteiger partial charge in [-0.1, -0.05) is 0 Å². The van der Waals surface area contributed by atoms with Crippen LogP contribution in [0.15, 0.2) is 12.3 Å². The lowest BCUT2D eigenvalue weighted by atomic mass is 10.0. The molecule has 1 atom stereocenters. The molecule has 3 N–H and O–H groups in total. The van der Waals surface area contributed by atoms with Crippen LogP contribution in [0.4, 0.5) is 5.69 Å². The number of carbonyl (C=O) groups is 1. The number of nitrogen functional groups attached to an aromatic ring is 1. The first-order valence-corrected chi connectivity index (χ1v) is 8.84. The number of sulfonamides is 1. The number of hydrogen-bond acceptors (Lipinski definition) is 4. The highest BCUT2D eigenvalue weighted by Crippen LogP contribution is 2.20. The Labute approximate surface area is 125 Å². The number of anilines is 1. The lowest BCUT2D eigenvalue weighted by molar-refractivity contribution is 0.0609. The Morgan fingerprint density at radius 1 is 1.48 bits per heavy atom. The van der Waals surface area contributed by atoms with Crippen LogP contribution in [0.1, 0.15) is 29.8 Å². The maximum atomic E-state index is 12.6. The Hall–Kier alpha value is -1.54. The summed E-state index contributed by atoms with van der Waals surface area (Å²) in [7, 11) is -1.48. The molecule has 2 heterocycles. The largest absolute Gasteiger partial charge is 0.397 e. The van der Waals surface area contributed by atoms with Crippen molar-refractivity contribution in [1.82, 2.24) is 14.2 Å². The Balaban J connectivity index is 2.14. The Bertz CT molecular complexity index is 623. The molecule has 21 heavy (non-hydrogen) atoms. The highest BCUT2D eigenvalue weighted by atomic mass is 32.2. The molecule has 118 valence electrons. The van der Waals surface area contributed by atoms with Crippen molar-refractivity contribution in [3.63, 3.8) is 0 Å². The Morgan fingerprint density at radius 3 is 2.76 bits per heavy atom. The number of amides is 1. The van der Waals surface area contributed by atoms with E-state index in [0.717, 1.165) is 25.5 Å². The quantitative estimate of drug-likeness (QED) is 0.826. The van der Waals surface area contributed by atoms with Gasteiger partial charge in [-0.15, -0.1) is 0 Å². The van der Waals surface area contributed by atoms with E-state index in [2.05, 4.69) is 4.72 Å². The number of hydrogen-bond donors (Lipinski definition) is 2. The molecule has 1 aliphatic heterocycles. The first-order valence-electron chi connectivity index (χ1n) is 6.95. The molecule has 1 saturated heterocycles. The fourth-order valence-electron chi connectivity index (χ4n) is 2.68. The van der Waals surface area contributed by atoms with Gasteiger partial charge in [-0.05, 0) is 25.3 Å². The molecule has 0 aromatic carbocycles. The van der Waals surface area contributed by atoms with Crippen LogP contribution in [0.3, 0.4) is 0 Å². The predicted molar refractivity (Wildman–Crippen MR) is 81.3 cm³/mol. The van der Waals surface area contributed by atoms with Crippen LogP contribution < -0.4 is 10.5 Å². The molecule has 8 heteroatoms. The third kappa shape index (κ3) is 3.98. The van der Waals surface area contributed by atoms with Crippen LogP contribution in [0, 0.1) is 0 Å². The summed E-state index contributed by atoms with van der Waals surface area (Å²) in [4.78, 5) is 14.4. The SMILES string of the molecule is Cn1cc(N)cc1C(=O)N1CCCCC1CNS(C)(=O)=O. The molecule has 2 rings (SSSR count). The zero-order valence-corrected chi connectivity index (χ0v) is 13.2. The molecule has 0 spiro atoms. The van der Waals surface area contributed by atoms with Crippen molar-refractivity contribution in [3.05, 3.63) is 18.0 Å². The molecule has 0 saturated carbocycles. The summed E-state index contributed by atoms with van der Waals surface area (Å²) < 4.78 is 26.7. The fraction of sp³-hybridized carbons (Fsp3) is 0.615. The molecular weight excluding hydrogens is 292 g/mol. The number of likely N-dealkylation sites (tertiary alicyclic amines) is 1. The second-order valence-electron chi connectivity index (χ2n) is 5.54. The van der Waals surface area contributed by atoms with Gasteiger partial charge in [0.1, 0.15) is 5.69 Å². The topological polar surface area (TPSA) is 97.4 Å². The monoisotopic (exact) mass is 314 g/mol. The summed E-state index contributed by atoms with van der Waals surface area (Å²) in [6, 6.07) is 1.54. The van der Waals surface area contributed by atoms with Crippen LogP contribution in [0.5, 0.6) is 0 Å². The standard InChI is InChI=1S/C13H22N4O3S/c1-16-9-10(14)7-12(16)13(18)17-6-4-3-5-11(17)8-15-21(2,19)20/h7,9,11,15H,3-6,8,14H2,1-2H3. The number of carbonyl (C=O) groups excluding carboxylic acids is 1. The van der Waals surface area contributed by atoms with E-state index in [-0.39, 0.29) is 18.5 Å². The third-order valence-electron chi connectivity index (χ3n) is 3.71. The zero-order valence-electron chi connectivity index (χ0n) is 12.4. The van der Waals surface area contributed by atoms with Gasteiger partial charge in [0.15, 0.2) is 0 Å². The minimum atomic E-state index is -3.25. The maximum absolute atomic E-state index is 12.6. The number of nitrogens with one attached hydrogen (secondary N) is 1. The van der Waals surface area contributed by atoms with Crippen LogP contribution >= 0.6 is 0 Å². The second-order valence-corrected chi connectivity index (χ2v) is 7.37. The van der Waals surface area contributed by atoms with Crippen LogP contribution in [-0.4, -0.2) is 49.2 Å². The first-order chi connectivity index (χ1) is 9.78. The molecule has 1 unspecified atom stereocenters. The van der Waals surface area contributed by atoms with Gasteiger partial charge >= 0.3 is 0 Å². The summed E-state index contributed by atoms with van der Waals surface area (Å²) in [5.41, 5.74) is 6.79. The van der Waals surface area contributed by atoms with E-state index in [1.54, 1.807) is 28.8 Å². The van der Waals surface area contributed by atoms with Crippen molar-refractivity contribution in [3.8, 4) is 0 Å². The molecule has 0 bridgehead atoms. The second kappa shape index (κ2) is 6.07. The lowest BCUT2D eigenvalue weighted by Gasteiger charge is -2.35. The molecule has 0 radical (unpaired) electrons. The molecule has 1 aromatic heterocycles. The minimum absolute atomic E-state index is 0.103. The van der Waals surface area contributed by atoms with E-state index in [9.17, 15) is 13.2 Å². The average molecular weight is 314 g/mol. The summed E-state index contributed by atoms with van der Waals surface area (Å²) in [6.07, 6.45) is 5.55. The maximum Gasteiger partial charge on any atom is 0.270 e. The van der Waals surface area contributed by atoms with Crippen LogP contribution in [0.2, 0.25) is 0 Å². The van der Waals surface area contributed by atoms with Crippen molar-refractivity contribution in [2.75, 3.05) is 25.1 Å². The molecule has 1 fully saturated rings. The van der Waals surface area contributed by atoms with E-state index in [4.69, 9.17) is 5.73 Å². The third-order valence-corrected chi connectivity index (χ3v) is 4.41. The summed E-state index contributed by atoms with van der Waals surface area (Å²) in [5, 5.41) is 0. The van der Waals surface area contributed by atoms with E-state index in [0.29, 0.717) is 17.9 Å². The molecule has 0 aliphatic carbocycles. The van der Waals surface area contributed by atoms with Gasteiger partial charge in [0, 0.05) is 32.4 Å². The highest BCUT2D eigenvalue weighted by molar-refractivity contribution is 7.88. The van der Waals surface area contributed by atoms with Crippen molar-refractivity contribution >= 4 is 21.6 Å². The Morgan fingerprint density at radius 2 is 2.19 bits per heavy atom. The zero-order chi connectivity index (χ0) is 15.6. The van der Waals surface area contributed by atoms with Gasteiger partial charge in [0.2, 0.25) is 10.0 Å². The van der Waals surface area contributed by atoms with Crippen LogP contribution in [-0.2, 0) is 17.1 Å². The van der Waals surface area contributed by atoms with E-state index in [1.807, 2.05) is 0 Å². The van der Waals surface area contributed by atoms with E-state index >= 15 is 0 Å². The van der Waals surface area contributed by atoms with Gasteiger partial charge in [0.25, 0.3) is 5.91 Å². The van der Waals surface area contributed by atoms with E-state index < -0.39 is 10.0 Å². The molecular formula is C13H22N4O3S. The lowest BCUT2D eigenvalue weighted by Crippen LogP contribution is -2.49. The fourth-order valence-corrected chi connectivity index (χ4v) is 3.17. The van der Waals surface area contributed by atoms with Crippen LogP contribution in [0.25, 0.3) is 0 Å². The summed E-state index contributed by atoms with van der Waals surface area (Å²) >= 11 is 0. The number of nitrogens with zero attached hydrogens (tertiary/aromatic N) is 2.